The minimum Gasteiger partial charge on any atom is -0.448 e. The molecule has 2 saturated heterocycles. The molecule has 0 aromatic heterocycles. The number of benzene rings is 2. The van der Waals surface area contributed by atoms with E-state index in [2.05, 4.69) is 58.3 Å². The molecular weight excluding hydrogens is 382 g/mol. The standard InChI is InChI=1S/C23H27N3O2S/c27-23-26(15-16-28-23)14-11-24-9-12-25(13-10-24)20-17-18-5-1-3-7-21(18)29-22-8-4-2-6-19(20)22/h1-8,20H,9-17H2. The van der Waals surface area contributed by atoms with E-state index in [0.29, 0.717) is 12.6 Å². The van der Waals surface area contributed by atoms with Crippen LogP contribution < -0.4 is 0 Å². The van der Waals surface area contributed by atoms with E-state index >= 15 is 0 Å². The summed E-state index contributed by atoms with van der Waals surface area (Å²) in [6.07, 6.45) is 0.912. The lowest BCUT2D eigenvalue weighted by atomic mass is 9.96. The highest BCUT2D eigenvalue weighted by Gasteiger charge is 2.30. The van der Waals surface area contributed by atoms with Crippen LogP contribution in [0.4, 0.5) is 4.79 Å². The molecule has 2 fully saturated rings. The van der Waals surface area contributed by atoms with E-state index in [-0.39, 0.29) is 6.09 Å². The Bertz CT molecular complexity index is 882. The number of cyclic esters (lactones) is 1. The maximum Gasteiger partial charge on any atom is 0.409 e. The number of carbonyl (C=O) groups excluding carboxylic acids is 1. The van der Waals surface area contributed by atoms with Gasteiger partial charge in [0.2, 0.25) is 0 Å². The normalized spacial score (nSPS) is 22.7. The van der Waals surface area contributed by atoms with E-state index in [9.17, 15) is 4.79 Å². The fraction of sp³-hybridized carbons (Fsp3) is 0.435. The van der Waals surface area contributed by atoms with Gasteiger partial charge in [0, 0.05) is 55.1 Å². The predicted octanol–water partition coefficient (Wildman–Crippen LogP) is 3.50. The van der Waals surface area contributed by atoms with E-state index in [1.165, 1.54) is 20.9 Å². The van der Waals surface area contributed by atoms with E-state index < -0.39 is 0 Å². The van der Waals surface area contributed by atoms with Gasteiger partial charge < -0.3 is 9.64 Å². The van der Waals surface area contributed by atoms with Gasteiger partial charge in [-0.2, -0.15) is 0 Å². The van der Waals surface area contributed by atoms with E-state index in [1.54, 1.807) is 0 Å². The molecule has 2 aromatic rings. The fourth-order valence-corrected chi connectivity index (χ4v) is 5.71. The molecule has 29 heavy (non-hydrogen) atoms. The maximum absolute atomic E-state index is 11.6. The van der Waals surface area contributed by atoms with Crippen molar-refractivity contribution in [2.75, 3.05) is 52.4 Å². The third kappa shape index (κ3) is 4.02. The van der Waals surface area contributed by atoms with E-state index in [1.807, 2.05) is 16.7 Å². The lowest BCUT2D eigenvalue weighted by molar-refractivity contribution is 0.0889. The van der Waals surface area contributed by atoms with Gasteiger partial charge >= 0.3 is 6.09 Å². The lowest BCUT2D eigenvalue weighted by Gasteiger charge is -2.40. The highest BCUT2D eigenvalue weighted by molar-refractivity contribution is 7.99. The molecule has 3 heterocycles. The van der Waals surface area contributed by atoms with Gasteiger partial charge in [0.05, 0.1) is 6.54 Å². The zero-order valence-electron chi connectivity index (χ0n) is 16.6. The third-order valence-electron chi connectivity index (χ3n) is 6.26. The summed E-state index contributed by atoms with van der Waals surface area (Å²) < 4.78 is 5.03. The van der Waals surface area contributed by atoms with Crippen LogP contribution in [0.15, 0.2) is 58.3 Å². The zero-order chi connectivity index (χ0) is 19.6. The molecule has 5 nitrogen and oxygen atoms in total. The van der Waals surface area contributed by atoms with Gasteiger partial charge in [-0.25, -0.2) is 4.79 Å². The highest BCUT2D eigenvalue weighted by Crippen LogP contribution is 2.42. The molecule has 3 aliphatic heterocycles. The summed E-state index contributed by atoms with van der Waals surface area (Å²) in [6, 6.07) is 18.2. The Morgan fingerprint density at radius 2 is 1.66 bits per heavy atom. The summed E-state index contributed by atoms with van der Waals surface area (Å²) in [5.41, 5.74) is 2.91. The van der Waals surface area contributed by atoms with Gasteiger partial charge in [-0.15, -0.1) is 0 Å². The molecule has 2 aromatic carbocycles. The lowest BCUT2D eigenvalue weighted by Crippen LogP contribution is -2.49. The van der Waals surface area contributed by atoms with Gasteiger partial charge in [-0.1, -0.05) is 48.2 Å². The Kier molecular flexibility index (Phi) is 5.48. The summed E-state index contributed by atoms with van der Waals surface area (Å²) in [5, 5.41) is 0. The summed E-state index contributed by atoms with van der Waals surface area (Å²) in [7, 11) is 0. The number of piperazine rings is 1. The van der Waals surface area contributed by atoms with Crippen LogP contribution in [0.3, 0.4) is 0 Å². The number of amides is 1. The number of hydrogen-bond donors (Lipinski definition) is 0. The minimum atomic E-state index is -0.158. The molecule has 1 atom stereocenters. The van der Waals surface area contributed by atoms with Crippen molar-refractivity contribution in [3.8, 4) is 0 Å². The average Bonchev–Trinajstić information content (AvgIpc) is 3.09. The summed E-state index contributed by atoms with van der Waals surface area (Å²) in [4.78, 5) is 21.4. The number of rotatable bonds is 4. The Morgan fingerprint density at radius 1 is 0.897 bits per heavy atom. The number of nitrogens with zero attached hydrogens (tertiary/aromatic N) is 3. The van der Waals surface area contributed by atoms with Crippen LogP contribution in [0, 0.1) is 0 Å². The molecular formula is C23H27N3O2S. The first-order chi connectivity index (χ1) is 14.3. The Hall–Kier alpha value is -2.02. The van der Waals surface area contributed by atoms with Crippen molar-refractivity contribution < 1.29 is 9.53 Å². The SMILES string of the molecule is O=C1OCCN1CCN1CCN(C2Cc3ccccc3Sc3ccccc32)CC1. The average molecular weight is 410 g/mol. The van der Waals surface area contributed by atoms with Gasteiger partial charge in [0.15, 0.2) is 0 Å². The number of carbonyl (C=O) groups is 1. The van der Waals surface area contributed by atoms with Crippen LogP contribution in [0.5, 0.6) is 0 Å². The van der Waals surface area contributed by atoms with Gasteiger partial charge in [-0.05, 0) is 29.7 Å². The summed E-state index contributed by atoms with van der Waals surface area (Å²) in [6.45, 7) is 7.21. The number of hydrogen-bond acceptors (Lipinski definition) is 5. The Balaban J connectivity index is 1.27. The van der Waals surface area contributed by atoms with Crippen LogP contribution in [-0.2, 0) is 11.2 Å². The monoisotopic (exact) mass is 409 g/mol. The van der Waals surface area contributed by atoms with Crippen molar-refractivity contribution in [3.05, 3.63) is 59.7 Å². The van der Waals surface area contributed by atoms with Gasteiger partial charge in [-0.3, -0.25) is 9.80 Å². The molecule has 0 spiro atoms. The van der Waals surface area contributed by atoms with Crippen LogP contribution in [-0.4, -0.2) is 73.2 Å². The van der Waals surface area contributed by atoms with Gasteiger partial charge in [0.25, 0.3) is 0 Å². The van der Waals surface area contributed by atoms with Crippen molar-refractivity contribution >= 4 is 17.9 Å². The molecule has 6 heteroatoms. The van der Waals surface area contributed by atoms with Crippen molar-refractivity contribution in [1.82, 2.24) is 14.7 Å². The summed E-state index contributed by atoms with van der Waals surface area (Å²) in [5.74, 6) is 0. The molecule has 1 amide bonds. The van der Waals surface area contributed by atoms with Crippen molar-refractivity contribution in [2.24, 2.45) is 0 Å². The second-order valence-corrected chi connectivity index (χ2v) is 9.03. The molecule has 0 aliphatic carbocycles. The second kappa shape index (κ2) is 8.38. The van der Waals surface area contributed by atoms with Crippen molar-refractivity contribution in [3.63, 3.8) is 0 Å². The number of ether oxygens (including phenoxy) is 1. The molecule has 1 unspecified atom stereocenters. The molecule has 0 bridgehead atoms. The Morgan fingerprint density at radius 3 is 2.45 bits per heavy atom. The first-order valence-corrected chi connectivity index (χ1v) is 11.3. The second-order valence-electron chi connectivity index (χ2n) is 7.95. The topological polar surface area (TPSA) is 36.0 Å². The Labute approximate surface area is 176 Å². The van der Waals surface area contributed by atoms with Crippen LogP contribution in [0.1, 0.15) is 17.2 Å². The molecule has 0 saturated carbocycles. The maximum atomic E-state index is 11.6. The van der Waals surface area contributed by atoms with Crippen LogP contribution >= 0.6 is 11.8 Å². The fourth-order valence-electron chi connectivity index (χ4n) is 4.57. The predicted molar refractivity (Wildman–Crippen MR) is 114 cm³/mol. The first kappa shape index (κ1) is 19.0. The highest BCUT2D eigenvalue weighted by atomic mass is 32.2. The third-order valence-corrected chi connectivity index (χ3v) is 7.47. The first-order valence-electron chi connectivity index (χ1n) is 10.5. The largest absolute Gasteiger partial charge is 0.448 e. The van der Waals surface area contributed by atoms with Crippen molar-refractivity contribution in [2.45, 2.75) is 22.3 Å². The van der Waals surface area contributed by atoms with Gasteiger partial charge in [0.1, 0.15) is 6.61 Å². The summed E-state index contributed by atoms with van der Waals surface area (Å²) >= 11 is 1.91. The van der Waals surface area contributed by atoms with Crippen molar-refractivity contribution in [1.29, 1.82) is 0 Å². The molecule has 152 valence electrons. The molecule has 5 rings (SSSR count). The molecule has 3 aliphatic rings. The molecule has 0 radical (unpaired) electrons. The van der Waals surface area contributed by atoms with Crippen LogP contribution in [0.2, 0.25) is 0 Å². The number of fused-ring (bicyclic) bond motifs is 2. The zero-order valence-corrected chi connectivity index (χ0v) is 17.4. The van der Waals surface area contributed by atoms with Crippen LogP contribution in [0.25, 0.3) is 0 Å². The quantitative estimate of drug-likeness (QED) is 0.772. The molecule has 0 N–H and O–H groups in total. The smallest absolute Gasteiger partial charge is 0.409 e. The van der Waals surface area contributed by atoms with E-state index in [0.717, 1.165) is 52.2 Å². The minimum absolute atomic E-state index is 0.158. The van der Waals surface area contributed by atoms with E-state index in [4.69, 9.17) is 4.74 Å².